The van der Waals surface area contributed by atoms with E-state index in [4.69, 9.17) is 0 Å². The van der Waals surface area contributed by atoms with Crippen molar-refractivity contribution in [1.29, 1.82) is 0 Å². The lowest BCUT2D eigenvalue weighted by Crippen LogP contribution is -2.08. The third kappa shape index (κ3) is 1.79. The van der Waals surface area contributed by atoms with Gasteiger partial charge in [-0.25, -0.2) is 0 Å². The number of hydrogen-bond acceptors (Lipinski definition) is 2. The van der Waals surface area contributed by atoms with Crippen LogP contribution in [0, 0.1) is 0 Å². The second-order valence-electron chi connectivity index (χ2n) is 5.32. The van der Waals surface area contributed by atoms with E-state index in [0.717, 1.165) is 16.4 Å². The molecule has 2 aromatic heterocycles. The summed E-state index contributed by atoms with van der Waals surface area (Å²) in [6.07, 6.45) is 0. The molecule has 5 nitrogen and oxygen atoms in total. The number of hydrogen-bond donors (Lipinski definition) is 3. The summed E-state index contributed by atoms with van der Waals surface area (Å²) in [5.41, 5.74) is 2.94. The lowest BCUT2D eigenvalue weighted by molar-refractivity contribution is -0.114. The number of aromatic nitrogens is 2. The van der Waals surface area contributed by atoms with Crippen LogP contribution in [0.4, 0.5) is 5.69 Å². The van der Waals surface area contributed by atoms with Crippen molar-refractivity contribution < 1.29 is 4.79 Å². The van der Waals surface area contributed by atoms with Crippen LogP contribution in [0.3, 0.4) is 0 Å². The third-order valence-electron chi connectivity index (χ3n) is 3.78. The van der Waals surface area contributed by atoms with E-state index >= 15 is 0 Å². The van der Waals surface area contributed by atoms with E-state index in [1.165, 1.54) is 6.92 Å². The molecule has 0 spiro atoms. The van der Waals surface area contributed by atoms with Gasteiger partial charge in [0.05, 0.1) is 10.9 Å². The summed E-state index contributed by atoms with van der Waals surface area (Å²) >= 11 is 0. The molecule has 2 aromatic carbocycles. The summed E-state index contributed by atoms with van der Waals surface area (Å²) in [6, 6.07) is 13.0. The number of benzene rings is 2. The average molecular weight is 291 g/mol. The fourth-order valence-corrected chi connectivity index (χ4v) is 2.86. The zero-order valence-corrected chi connectivity index (χ0v) is 11.9. The number of H-pyrrole nitrogens is 2. The SMILES string of the molecule is CC(=O)Nc1ccc2[nH]c3[nH]c4ccccc4c3c(=O)c2c1. The first-order valence-electron chi connectivity index (χ1n) is 6.97. The molecule has 1 amide bonds. The van der Waals surface area contributed by atoms with Crippen LogP contribution in [0.15, 0.2) is 47.3 Å². The van der Waals surface area contributed by atoms with E-state index in [-0.39, 0.29) is 11.3 Å². The van der Waals surface area contributed by atoms with E-state index < -0.39 is 0 Å². The van der Waals surface area contributed by atoms with Gasteiger partial charge in [0.1, 0.15) is 5.65 Å². The fraction of sp³-hybridized carbons (Fsp3) is 0.0588. The number of aromatic amines is 2. The van der Waals surface area contributed by atoms with Gasteiger partial charge >= 0.3 is 0 Å². The Kier molecular flexibility index (Phi) is 2.56. The minimum Gasteiger partial charge on any atom is -0.341 e. The number of nitrogens with one attached hydrogen (secondary N) is 3. The smallest absolute Gasteiger partial charge is 0.221 e. The molecule has 3 N–H and O–H groups in total. The molecule has 108 valence electrons. The molecule has 0 saturated heterocycles. The molecule has 5 heteroatoms. The molecule has 0 aliphatic rings. The second kappa shape index (κ2) is 4.46. The van der Waals surface area contributed by atoms with Crippen LogP contribution in [0.25, 0.3) is 32.8 Å². The van der Waals surface area contributed by atoms with Crippen molar-refractivity contribution in [2.75, 3.05) is 5.32 Å². The maximum atomic E-state index is 12.8. The number of carbonyl (C=O) groups excluding carboxylic acids is 1. The molecule has 0 radical (unpaired) electrons. The van der Waals surface area contributed by atoms with E-state index in [1.807, 2.05) is 24.3 Å². The van der Waals surface area contributed by atoms with Crippen LogP contribution < -0.4 is 10.7 Å². The normalized spacial score (nSPS) is 11.3. The number of para-hydroxylation sites is 1. The Hall–Kier alpha value is -3.08. The first kappa shape index (κ1) is 12.6. The van der Waals surface area contributed by atoms with Crippen molar-refractivity contribution in [3.05, 3.63) is 52.7 Å². The van der Waals surface area contributed by atoms with Crippen molar-refractivity contribution in [2.45, 2.75) is 6.92 Å². The van der Waals surface area contributed by atoms with Crippen molar-refractivity contribution >= 4 is 44.4 Å². The maximum Gasteiger partial charge on any atom is 0.221 e. The van der Waals surface area contributed by atoms with E-state index in [1.54, 1.807) is 18.2 Å². The highest BCUT2D eigenvalue weighted by atomic mass is 16.1. The zero-order valence-electron chi connectivity index (χ0n) is 11.9. The molecule has 0 aliphatic carbocycles. The van der Waals surface area contributed by atoms with Gasteiger partial charge in [0.25, 0.3) is 0 Å². The minimum absolute atomic E-state index is 0.0478. The molecule has 0 bridgehead atoms. The van der Waals surface area contributed by atoms with Crippen LogP contribution in [0.5, 0.6) is 0 Å². The summed E-state index contributed by atoms with van der Waals surface area (Å²) in [7, 11) is 0. The topological polar surface area (TPSA) is 77.8 Å². The van der Waals surface area contributed by atoms with Crippen molar-refractivity contribution in [2.24, 2.45) is 0 Å². The Morgan fingerprint density at radius 3 is 2.50 bits per heavy atom. The molecule has 0 fully saturated rings. The highest BCUT2D eigenvalue weighted by molar-refractivity contribution is 6.09. The molecular weight excluding hydrogens is 278 g/mol. The predicted octanol–water partition coefficient (Wildman–Crippen LogP) is 3.12. The Labute approximate surface area is 125 Å². The van der Waals surface area contributed by atoms with Gasteiger partial charge in [0.2, 0.25) is 5.91 Å². The number of fused-ring (bicyclic) bond motifs is 4. The average Bonchev–Trinajstić information content (AvgIpc) is 2.86. The fourth-order valence-electron chi connectivity index (χ4n) is 2.86. The van der Waals surface area contributed by atoms with Gasteiger partial charge in [-0.2, -0.15) is 0 Å². The number of pyridine rings is 1. The Morgan fingerprint density at radius 1 is 1.00 bits per heavy atom. The van der Waals surface area contributed by atoms with Gasteiger partial charge in [-0.3, -0.25) is 9.59 Å². The van der Waals surface area contributed by atoms with Gasteiger partial charge < -0.3 is 15.3 Å². The Balaban J connectivity index is 2.11. The van der Waals surface area contributed by atoms with E-state index in [9.17, 15) is 9.59 Å². The molecule has 22 heavy (non-hydrogen) atoms. The van der Waals surface area contributed by atoms with Gasteiger partial charge in [-0.15, -0.1) is 0 Å². The van der Waals surface area contributed by atoms with Gasteiger partial charge in [-0.05, 0) is 24.3 Å². The summed E-state index contributed by atoms with van der Waals surface area (Å²) in [6.45, 7) is 1.44. The summed E-state index contributed by atoms with van der Waals surface area (Å²) in [5, 5.41) is 4.80. The molecular formula is C17H13N3O2. The lowest BCUT2D eigenvalue weighted by Gasteiger charge is -2.04. The number of anilines is 1. The number of rotatable bonds is 1. The quantitative estimate of drug-likeness (QED) is 0.504. The van der Waals surface area contributed by atoms with Crippen LogP contribution in [-0.2, 0) is 4.79 Å². The second-order valence-corrected chi connectivity index (χ2v) is 5.32. The number of carbonyl (C=O) groups is 1. The monoisotopic (exact) mass is 291 g/mol. The molecule has 0 unspecified atom stereocenters. The Morgan fingerprint density at radius 2 is 1.73 bits per heavy atom. The molecule has 0 saturated carbocycles. The third-order valence-corrected chi connectivity index (χ3v) is 3.78. The molecule has 4 rings (SSSR count). The zero-order chi connectivity index (χ0) is 15.3. The van der Waals surface area contributed by atoms with Crippen LogP contribution >= 0.6 is 0 Å². The van der Waals surface area contributed by atoms with Gasteiger partial charge in [-0.1, -0.05) is 18.2 Å². The van der Waals surface area contributed by atoms with E-state index in [0.29, 0.717) is 22.1 Å². The summed E-state index contributed by atoms with van der Waals surface area (Å²) in [5.74, 6) is -0.163. The van der Waals surface area contributed by atoms with E-state index in [2.05, 4.69) is 15.3 Å². The summed E-state index contributed by atoms with van der Waals surface area (Å²) in [4.78, 5) is 30.5. The van der Waals surface area contributed by atoms with Crippen molar-refractivity contribution in [3.63, 3.8) is 0 Å². The molecule has 0 atom stereocenters. The molecule has 2 heterocycles. The van der Waals surface area contributed by atoms with Gasteiger partial charge in [0, 0.05) is 28.9 Å². The highest BCUT2D eigenvalue weighted by Gasteiger charge is 2.11. The summed E-state index contributed by atoms with van der Waals surface area (Å²) < 4.78 is 0. The van der Waals surface area contributed by atoms with Crippen molar-refractivity contribution in [1.82, 2.24) is 9.97 Å². The van der Waals surface area contributed by atoms with Crippen LogP contribution in [0.1, 0.15) is 6.92 Å². The van der Waals surface area contributed by atoms with Gasteiger partial charge in [0.15, 0.2) is 5.43 Å². The molecule has 4 aromatic rings. The van der Waals surface area contributed by atoms with Crippen molar-refractivity contribution in [3.8, 4) is 0 Å². The lowest BCUT2D eigenvalue weighted by atomic mass is 10.1. The highest BCUT2D eigenvalue weighted by Crippen LogP contribution is 2.24. The van der Waals surface area contributed by atoms with Crippen LogP contribution in [0.2, 0.25) is 0 Å². The largest absolute Gasteiger partial charge is 0.341 e. The number of amides is 1. The first-order chi connectivity index (χ1) is 10.6. The standard InChI is InChI=1S/C17H13N3O2/c1-9(21)18-10-6-7-14-12(8-10)16(22)15-11-4-2-3-5-13(11)19-17(15)20-14/h2-8H,1H3,(H,18,21)(H2,19,20,22). The first-order valence-corrected chi connectivity index (χ1v) is 6.97. The predicted molar refractivity (Wildman–Crippen MR) is 88.2 cm³/mol. The molecule has 0 aliphatic heterocycles. The maximum absolute atomic E-state index is 12.8. The minimum atomic E-state index is -0.163. The Bertz CT molecular complexity index is 1110. The van der Waals surface area contributed by atoms with Crippen LogP contribution in [-0.4, -0.2) is 15.9 Å².